The molecule has 0 aromatic rings. The van der Waals surface area contributed by atoms with E-state index in [1.54, 1.807) is 0 Å². The molecule has 410 valence electrons. The molecule has 0 aromatic heterocycles. The molecule has 0 bridgehead atoms. The molecule has 0 aromatic carbocycles. The molecule has 0 radical (unpaired) electrons. The van der Waals surface area contributed by atoms with E-state index in [0.29, 0.717) is 51.9 Å². The molecular weight excluding hydrogens is 877 g/mol. The minimum Gasteiger partial charge on any atom is -0.462 e. The summed E-state index contributed by atoms with van der Waals surface area (Å²) in [5.41, 5.74) is 10.7. The summed E-state index contributed by atoms with van der Waals surface area (Å²) in [6.07, 6.45) is 57.7. The number of ether oxygens (including phenoxy) is 2. The van der Waals surface area contributed by atoms with Crippen LogP contribution in [0.2, 0.25) is 0 Å². The molecule has 11 heteroatoms. The average Bonchev–Trinajstić information content (AvgIpc) is 3.36. The van der Waals surface area contributed by atoms with Gasteiger partial charge < -0.3 is 36.7 Å². The average molecular weight is 990 g/mol. The lowest BCUT2D eigenvalue weighted by Gasteiger charge is -2.15. The summed E-state index contributed by atoms with van der Waals surface area (Å²) in [4.78, 5) is 47.1. The minimum atomic E-state index is -0.799. The summed E-state index contributed by atoms with van der Waals surface area (Å²) in [6, 6.07) is 0. The summed E-state index contributed by atoms with van der Waals surface area (Å²) in [5.74, 6) is -0.396. The Morgan fingerprint density at radius 1 is 0.429 bits per heavy atom. The van der Waals surface area contributed by atoms with Gasteiger partial charge in [-0.2, -0.15) is 0 Å². The lowest BCUT2D eigenvalue weighted by Crippen LogP contribution is -2.28. The highest BCUT2D eigenvalue weighted by Gasteiger charge is 2.16. The van der Waals surface area contributed by atoms with Crippen molar-refractivity contribution in [2.75, 3.05) is 39.4 Å². The van der Waals surface area contributed by atoms with Crippen LogP contribution in [0.15, 0.2) is 36.5 Å². The van der Waals surface area contributed by atoms with Gasteiger partial charge in [-0.1, -0.05) is 204 Å². The third kappa shape index (κ3) is 59.3. The number of carbonyl (C=O) groups excluding carboxylic acids is 4. The number of rotatable bonds is 52. The molecule has 7 N–H and O–H groups in total. The number of nitrogens with one attached hydrogen (secondary N) is 2. The van der Waals surface area contributed by atoms with Crippen molar-refractivity contribution in [3.63, 3.8) is 0 Å². The second-order valence-corrected chi connectivity index (χ2v) is 19.3. The fourth-order valence-electron chi connectivity index (χ4n) is 7.97. The van der Waals surface area contributed by atoms with E-state index >= 15 is 0 Å². The van der Waals surface area contributed by atoms with E-state index in [4.69, 9.17) is 20.9 Å². The summed E-state index contributed by atoms with van der Waals surface area (Å²) in [7, 11) is 0. The number of esters is 2. The van der Waals surface area contributed by atoms with E-state index in [9.17, 15) is 24.3 Å². The zero-order chi connectivity index (χ0) is 51.5. The number of unbranched alkanes of at least 4 members (excludes halogenated alkanes) is 30. The zero-order valence-corrected chi connectivity index (χ0v) is 45.6. The smallest absolute Gasteiger partial charge is 0.306 e. The summed E-state index contributed by atoms with van der Waals surface area (Å²) in [5, 5.41) is 15.1. The van der Waals surface area contributed by atoms with Crippen molar-refractivity contribution in [2.24, 2.45) is 11.5 Å². The first-order valence-electron chi connectivity index (χ1n) is 29.2. The van der Waals surface area contributed by atoms with Crippen molar-refractivity contribution in [1.82, 2.24) is 10.6 Å². The van der Waals surface area contributed by atoms with Crippen LogP contribution in [0.25, 0.3) is 0 Å². The Morgan fingerprint density at radius 3 is 1.14 bits per heavy atom. The second-order valence-electron chi connectivity index (χ2n) is 19.3. The largest absolute Gasteiger partial charge is 0.462 e. The monoisotopic (exact) mass is 989 g/mol. The molecule has 0 aliphatic heterocycles. The molecule has 1 atom stereocenters. The van der Waals surface area contributed by atoms with Crippen molar-refractivity contribution in [3.05, 3.63) is 36.5 Å². The van der Waals surface area contributed by atoms with E-state index < -0.39 is 6.10 Å². The Bertz CT molecular complexity index is 1230. The normalized spacial score (nSPS) is 11.8. The van der Waals surface area contributed by atoms with Crippen molar-refractivity contribution < 1.29 is 33.8 Å². The van der Waals surface area contributed by atoms with Crippen molar-refractivity contribution in [3.8, 4) is 0 Å². The van der Waals surface area contributed by atoms with Gasteiger partial charge in [0.1, 0.15) is 6.61 Å². The number of allylic oxidation sites excluding steroid dienone is 6. The molecule has 0 fully saturated rings. The first-order valence-corrected chi connectivity index (χ1v) is 29.2. The van der Waals surface area contributed by atoms with Gasteiger partial charge in [-0.3, -0.25) is 19.2 Å². The molecule has 70 heavy (non-hydrogen) atoms. The fraction of sp³-hybridized carbons (Fsp3) is 0.831. The molecule has 0 spiro atoms. The minimum absolute atomic E-state index is 0.0954. The number of hydrogen-bond donors (Lipinski definition) is 5. The van der Waals surface area contributed by atoms with Gasteiger partial charge in [-0.25, -0.2) is 0 Å². The van der Waals surface area contributed by atoms with Crippen LogP contribution in [0, 0.1) is 0 Å². The predicted octanol–water partition coefficient (Wildman–Crippen LogP) is 13.9. The van der Waals surface area contributed by atoms with E-state index in [-0.39, 0.29) is 37.0 Å². The number of aliphatic hydroxyl groups excluding tert-OH is 1. The second kappa shape index (κ2) is 60.3. The summed E-state index contributed by atoms with van der Waals surface area (Å²) >= 11 is 0. The maximum Gasteiger partial charge on any atom is 0.306 e. The summed E-state index contributed by atoms with van der Waals surface area (Å²) < 4.78 is 10.6. The molecule has 0 aliphatic rings. The standard InChI is InChI=1S/C39H70N2O6.C20H42N2O/c1-2-3-4-5-6-7-8-9-12-16-19-22-25-28-31-39(45)47-36(34-42)35-46-38(44)30-27-24-21-18-15-13-10-11-14-17-20-23-26-29-37(43)41-33-32-40;1-2-3-4-5-6-7-8-9-10-11-12-13-14-15-16-17-20(23)22-19-18-21/h5-6,8-11,36,42H,2-4,7,12-35,40H2,1H3,(H,41,43);2-19,21H2,1H3,(H,22,23)/b6-5-,9-8-,11-10+;. The van der Waals surface area contributed by atoms with Gasteiger partial charge in [0.25, 0.3) is 0 Å². The van der Waals surface area contributed by atoms with Crippen LogP contribution in [-0.2, 0) is 28.7 Å². The molecule has 0 rings (SSSR count). The summed E-state index contributed by atoms with van der Waals surface area (Å²) in [6.45, 7) is 6.23. The van der Waals surface area contributed by atoms with Crippen LogP contribution in [0.1, 0.15) is 271 Å². The van der Waals surface area contributed by atoms with Crippen LogP contribution in [0.4, 0.5) is 0 Å². The van der Waals surface area contributed by atoms with Gasteiger partial charge in [-0.05, 0) is 77.0 Å². The van der Waals surface area contributed by atoms with Crippen LogP contribution in [-0.4, -0.2) is 74.4 Å². The quantitative estimate of drug-likeness (QED) is 0.0225. The molecule has 0 heterocycles. The van der Waals surface area contributed by atoms with Crippen LogP contribution < -0.4 is 22.1 Å². The number of aliphatic hydroxyl groups is 1. The van der Waals surface area contributed by atoms with Gasteiger partial charge in [0.05, 0.1) is 6.61 Å². The highest BCUT2D eigenvalue weighted by molar-refractivity contribution is 5.76. The van der Waals surface area contributed by atoms with Crippen LogP contribution in [0.3, 0.4) is 0 Å². The highest BCUT2D eigenvalue weighted by Crippen LogP contribution is 2.15. The van der Waals surface area contributed by atoms with Crippen molar-refractivity contribution in [2.45, 2.75) is 277 Å². The third-order valence-electron chi connectivity index (χ3n) is 12.4. The number of carbonyl (C=O) groups is 4. The lowest BCUT2D eigenvalue weighted by atomic mass is 10.0. The van der Waals surface area contributed by atoms with Crippen LogP contribution >= 0.6 is 0 Å². The Hall–Kier alpha value is -3.02. The molecule has 0 aliphatic carbocycles. The number of nitrogens with two attached hydrogens (primary N) is 2. The van der Waals surface area contributed by atoms with Gasteiger partial charge in [0.2, 0.25) is 11.8 Å². The topological polar surface area (TPSA) is 183 Å². The van der Waals surface area contributed by atoms with Crippen molar-refractivity contribution >= 4 is 23.8 Å². The maximum atomic E-state index is 12.1. The fourth-order valence-corrected chi connectivity index (χ4v) is 7.97. The van der Waals surface area contributed by atoms with E-state index in [0.717, 1.165) is 116 Å². The highest BCUT2D eigenvalue weighted by atomic mass is 16.6. The van der Waals surface area contributed by atoms with Crippen LogP contribution in [0.5, 0.6) is 0 Å². The zero-order valence-electron chi connectivity index (χ0n) is 45.6. The molecule has 0 saturated carbocycles. The Kier molecular flexibility index (Phi) is 59.5. The van der Waals surface area contributed by atoms with E-state index in [1.165, 1.54) is 116 Å². The van der Waals surface area contributed by atoms with Gasteiger partial charge in [0.15, 0.2) is 6.10 Å². The first-order chi connectivity index (χ1) is 34.3. The van der Waals surface area contributed by atoms with Gasteiger partial charge in [-0.15, -0.1) is 0 Å². The predicted molar refractivity (Wildman–Crippen MR) is 296 cm³/mol. The third-order valence-corrected chi connectivity index (χ3v) is 12.4. The molecule has 0 saturated heterocycles. The molecule has 2 amide bonds. The molecule has 1 unspecified atom stereocenters. The lowest BCUT2D eigenvalue weighted by molar-refractivity contribution is -0.161. The Balaban J connectivity index is 0. The molecular formula is C59H112N4O7. The number of amides is 2. The first kappa shape index (κ1) is 69.1. The molecule has 11 nitrogen and oxygen atoms in total. The van der Waals surface area contributed by atoms with Gasteiger partial charge in [0, 0.05) is 51.9 Å². The Labute approximate surface area is 430 Å². The number of hydrogen-bond acceptors (Lipinski definition) is 9. The van der Waals surface area contributed by atoms with E-state index in [1.807, 2.05) is 0 Å². The van der Waals surface area contributed by atoms with Gasteiger partial charge >= 0.3 is 11.9 Å². The van der Waals surface area contributed by atoms with E-state index in [2.05, 4.69) is 60.9 Å². The van der Waals surface area contributed by atoms with Crippen molar-refractivity contribution in [1.29, 1.82) is 0 Å². The maximum absolute atomic E-state index is 12.1. The SMILES string of the molecule is CCCC/C=C\C/C=C\CCCCCCCC(=O)OC(CO)COC(=O)CCCCCCC/C=C/CCCCCCC(=O)NCCN.CCCCCCCCCCCCCCCCCC(=O)NCCN. The Morgan fingerprint density at radius 2 is 0.757 bits per heavy atom.